The Bertz CT molecular complexity index is 648. The van der Waals surface area contributed by atoms with Crippen molar-refractivity contribution in [2.75, 3.05) is 20.1 Å². The lowest BCUT2D eigenvalue weighted by molar-refractivity contribution is 0.206. The second-order valence-electron chi connectivity index (χ2n) is 6.07. The first-order valence-electron chi connectivity index (χ1n) is 6.78. The number of hydrogen-bond acceptors (Lipinski definition) is 4. The zero-order valence-corrected chi connectivity index (χ0v) is 12.3. The number of hydrogen-bond donors (Lipinski definition) is 2. The first-order valence-corrected chi connectivity index (χ1v) is 6.78. The monoisotopic (exact) mass is 274 g/mol. The SMILES string of the molecule is CN(Cc1nc2ccccc2c(=O)[nH]1)CC(C)(C)CN. The Kier molecular flexibility index (Phi) is 4.20. The third-order valence-corrected chi connectivity index (χ3v) is 3.33. The van der Waals surface area contributed by atoms with Gasteiger partial charge in [-0.15, -0.1) is 0 Å². The average Bonchev–Trinajstić information content (AvgIpc) is 2.38. The summed E-state index contributed by atoms with van der Waals surface area (Å²) in [5.41, 5.74) is 6.44. The molecule has 0 fully saturated rings. The van der Waals surface area contributed by atoms with E-state index >= 15 is 0 Å². The molecule has 0 saturated carbocycles. The molecule has 0 amide bonds. The summed E-state index contributed by atoms with van der Waals surface area (Å²) >= 11 is 0. The van der Waals surface area contributed by atoms with E-state index in [1.54, 1.807) is 6.07 Å². The molecule has 0 atom stereocenters. The second-order valence-corrected chi connectivity index (χ2v) is 6.07. The topological polar surface area (TPSA) is 75.0 Å². The predicted octanol–water partition coefficient (Wildman–Crippen LogP) is 1.34. The van der Waals surface area contributed by atoms with Gasteiger partial charge >= 0.3 is 0 Å². The van der Waals surface area contributed by atoms with Gasteiger partial charge in [-0.25, -0.2) is 4.98 Å². The van der Waals surface area contributed by atoms with E-state index < -0.39 is 0 Å². The van der Waals surface area contributed by atoms with Gasteiger partial charge in [-0.3, -0.25) is 9.69 Å². The fourth-order valence-electron chi connectivity index (χ4n) is 2.32. The van der Waals surface area contributed by atoms with Crippen LogP contribution in [0.2, 0.25) is 0 Å². The van der Waals surface area contributed by atoms with Crippen LogP contribution in [-0.4, -0.2) is 35.0 Å². The number of aromatic nitrogens is 2. The molecule has 0 unspecified atom stereocenters. The Morgan fingerprint density at radius 2 is 2.05 bits per heavy atom. The van der Waals surface area contributed by atoms with E-state index in [9.17, 15) is 4.79 Å². The van der Waals surface area contributed by atoms with Gasteiger partial charge < -0.3 is 10.7 Å². The molecule has 20 heavy (non-hydrogen) atoms. The molecule has 3 N–H and O–H groups in total. The third-order valence-electron chi connectivity index (χ3n) is 3.33. The van der Waals surface area contributed by atoms with Gasteiger partial charge in [-0.1, -0.05) is 26.0 Å². The highest BCUT2D eigenvalue weighted by molar-refractivity contribution is 5.77. The molecule has 1 heterocycles. The predicted molar refractivity (Wildman–Crippen MR) is 81.5 cm³/mol. The van der Waals surface area contributed by atoms with E-state index in [1.807, 2.05) is 25.2 Å². The maximum absolute atomic E-state index is 12.0. The summed E-state index contributed by atoms with van der Waals surface area (Å²) in [6.45, 7) is 6.32. The van der Waals surface area contributed by atoms with Crippen LogP contribution in [0.4, 0.5) is 0 Å². The Morgan fingerprint density at radius 1 is 1.35 bits per heavy atom. The number of H-pyrrole nitrogens is 1. The summed E-state index contributed by atoms with van der Waals surface area (Å²) in [7, 11) is 2.01. The average molecular weight is 274 g/mol. The fourth-order valence-corrected chi connectivity index (χ4v) is 2.32. The molecule has 2 rings (SSSR count). The number of nitrogens with one attached hydrogen (secondary N) is 1. The number of fused-ring (bicyclic) bond motifs is 1. The van der Waals surface area contributed by atoms with Crippen molar-refractivity contribution in [1.82, 2.24) is 14.9 Å². The first kappa shape index (κ1) is 14.7. The Labute approximate surface area is 118 Å². The molecule has 0 aliphatic rings. The Hall–Kier alpha value is -1.72. The van der Waals surface area contributed by atoms with E-state index in [1.165, 1.54) is 0 Å². The minimum absolute atomic E-state index is 0.0475. The molecule has 0 saturated heterocycles. The highest BCUT2D eigenvalue weighted by Crippen LogP contribution is 2.15. The summed E-state index contributed by atoms with van der Waals surface area (Å²) in [6, 6.07) is 7.37. The van der Waals surface area contributed by atoms with Gasteiger partial charge in [0.05, 0.1) is 17.4 Å². The van der Waals surface area contributed by atoms with E-state index in [0.717, 1.165) is 12.1 Å². The molecule has 0 spiro atoms. The Balaban J connectivity index is 2.20. The van der Waals surface area contributed by atoms with Crippen molar-refractivity contribution in [3.05, 3.63) is 40.4 Å². The lowest BCUT2D eigenvalue weighted by Crippen LogP contribution is -2.37. The van der Waals surface area contributed by atoms with Gasteiger partial charge in [0.25, 0.3) is 5.56 Å². The van der Waals surface area contributed by atoms with E-state index in [2.05, 4.69) is 28.7 Å². The highest BCUT2D eigenvalue weighted by Gasteiger charge is 2.18. The van der Waals surface area contributed by atoms with Gasteiger partial charge in [0.2, 0.25) is 0 Å². The maximum atomic E-state index is 12.0. The van der Waals surface area contributed by atoms with Crippen LogP contribution < -0.4 is 11.3 Å². The molecular weight excluding hydrogens is 252 g/mol. The summed E-state index contributed by atoms with van der Waals surface area (Å²) in [6.07, 6.45) is 0. The summed E-state index contributed by atoms with van der Waals surface area (Å²) in [4.78, 5) is 21.5. The van der Waals surface area contributed by atoms with Crippen LogP contribution in [0.25, 0.3) is 10.9 Å². The number of rotatable bonds is 5. The smallest absolute Gasteiger partial charge is 0.258 e. The second kappa shape index (κ2) is 5.73. The molecule has 2 aromatic rings. The van der Waals surface area contributed by atoms with Gasteiger partial charge in [-0.2, -0.15) is 0 Å². The summed E-state index contributed by atoms with van der Waals surface area (Å²) < 4.78 is 0. The molecule has 5 heteroatoms. The number of benzene rings is 1. The van der Waals surface area contributed by atoms with Crippen molar-refractivity contribution in [1.29, 1.82) is 0 Å². The van der Waals surface area contributed by atoms with Crippen molar-refractivity contribution in [2.24, 2.45) is 11.1 Å². The van der Waals surface area contributed by atoms with Crippen molar-refractivity contribution in [2.45, 2.75) is 20.4 Å². The number of nitrogens with two attached hydrogens (primary N) is 1. The molecule has 0 bridgehead atoms. The summed E-state index contributed by atoms with van der Waals surface area (Å²) in [5.74, 6) is 0.684. The van der Waals surface area contributed by atoms with Gasteiger partial charge in [-0.05, 0) is 31.1 Å². The van der Waals surface area contributed by atoms with Gasteiger partial charge in [0, 0.05) is 6.54 Å². The van der Waals surface area contributed by atoms with E-state index in [-0.39, 0.29) is 11.0 Å². The molecule has 5 nitrogen and oxygen atoms in total. The minimum atomic E-state index is -0.0860. The van der Waals surface area contributed by atoms with Crippen LogP contribution in [0.15, 0.2) is 29.1 Å². The largest absolute Gasteiger partial charge is 0.330 e. The minimum Gasteiger partial charge on any atom is -0.330 e. The number of aromatic amines is 1. The van der Waals surface area contributed by atoms with Crippen molar-refractivity contribution >= 4 is 10.9 Å². The van der Waals surface area contributed by atoms with Gasteiger partial charge in [0.1, 0.15) is 5.82 Å². The first-order chi connectivity index (χ1) is 9.41. The lowest BCUT2D eigenvalue weighted by atomic mass is 9.93. The number of para-hydroxylation sites is 1. The molecule has 1 aromatic heterocycles. The van der Waals surface area contributed by atoms with Crippen LogP contribution in [0, 0.1) is 5.41 Å². The van der Waals surface area contributed by atoms with Crippen LogP contribution in [0.1, 0.15) is 19.7 Å². The molecule has 0 radical (unpaired) electrons. The summed E-state index contributed by atoms with van der Waals surface area (Å²) in [5, 5.41) is 0.626. The van der Waals surface area contributed by atoms with E-state index in [4.69, 9.17) is 5.73 Å². The van der Waals surface area contributed by atoms with Crippen molar-refractivity contribution < 1.29 is 0 Å². The highest BCUT2D eigenvalue weighted by atomic mass is 16.1. The standard InChI is InChI=1S/C15H22N4O/c1-15(2,9-16)10-19(3)8-13-17-12-7-5-4-6-11(12)14(20)18-13/h4-7H,8-10,16H2,1-3H3,(H,17,18,20). The molecule has 0 aliphatic heterocycles. The van der Waals surface area contributed by atoms with Crippen LogP contribution in [0.3, 0.4) is 0 Å². The van der Waals surface area contributed by atoms with Crippen LogP contribution >= 0.6 is 0 Å². The fraction of sp³-hybridized carbons (Fsp3) is 0.467. The van der Waals surface area contributed by atoms with Crippen LogP contribution in [-0.2, 0) is 6.54 Å². The molecular formula is C15H22N4O. The zero-order valence-electron chi connectivity index (χ0n) is 12.3. The zero-order chi connectivity index (χ0) is 14.8. The third kappa shape index (κ3) is 3.43. The quantitative estimate of drug-likeness (QED) is 0.863. The molecule has 0 aliphatic carbocycles. The Morgan fingerprint density at radius 3 is 2.75 bits per heavy atom. The molecule has 1 aromatic carbocycles. The van der Waals surface area contributed by atoms with E-state index in [0.29, 0.717) is 24.3 Å². The van der Waals surface area contributed by atoms with Crippen LogP contribution in [0.5, 0.6) is 0 Å². The lowest BCUT2D eigenvalue weighted by Gasteiger charge is -2.28. The normalized spacial score (nSPS) is 12.2. The molecule has 108 valence electrons. The maximum Gasteiger partial charge on any atom is 0.258 e. The van der Waals surface area contributed by atoms with Gasteiger partial charge in [0.15, 0.2) is 0 Å². The van der Waals surface area contributed by atoms with Crippen molar-refractivity contribution in [3.8, 4) is 0 Å². The van der Waals surface area contributed by atoms with Crippen molar-refractivity contribution in [3.63, 3.8) is 0 Å². The number of nitrogens with zero attached hydrogens (tertiary/aromatic N) is 2.